The van der Waals surface area contributed by atoms with Crippen LogP contribution in [0.1, 0.15) is 40.3 Å². The summed E-state index contributed by atoms with van der Waals surface area (Å²) in [6, 6.07) is 12.4. The minimum atomic E-state index is -0.387. The van der Waals surface area contributed by atoms with Crippen molar-refractivity contribution < 1.29 is 9.59 Å². The first kappa shape index (κ1) is 24.5. The van der Waals surface area contributed by atoms with Gasteiger partial charge in [-0.2, -0.15) is 0 Å². The third kappa shape index (κ3) is 6.03. The zero-order valence-electron chi connectivity index (χ0n) is 18.8. The van der Waals surface area contributed by atoms with E-state index in [1.807, 2.05) is 43.5 Å². The highest BCUT2D eigenvalue weighted by molar-refractivity contribution is 7.99. The van der Waals surface area contributed by atoms with Crippen LogP contribution in [0, 0.1) is 13.8 Å². The third-order valence-corrected chi connectivity index (χ3v) is 6.43. The number of nitrogens with zero attached hydrogens (tertiary/aromatic N) is 3. The number of thioether (sulfide) groups is 1. The quantitative estimate of drug-likeness (QED) is 0.332. The molecule has 9 heteroatoms. The van der Waals surface area contributed by atoms with Crippen LogP contribution in [0.4, 0.5) is 5.69 Å². The van der Waals surface area contributed by atoms with Gasteiger partial charge in [-0.1, -0.05) is 53.7 Å². The van der Waals surface area contributed by atoms with Crippen LogP contribution < -0.4 is 10.6 Å². The van der Waals surface area contributed by atoms with Crippen LogP contribution >= 0.6 is 23.4 Å². The van der Waals surface area contributed by atoms with Crippen LogP contribution in [0.5, 0.6) is 0 Å². The zero-order chi connectivity index (χ0) is 24.0. The van der Waals surface area contributed by atoms with Gasteiger partial charge >= 0.3 is 0 Å². The first-order valence-electron chi connectivity index (χ1n) is 10.4. The number of rotatable bonds is 9. The van der Waals surface area contributed by atoms with Crippen LogP contribution in [0.2, 0.25) is 5.02 Å². The molecule has 2 amide bonds. The van der Waals surface area contributed by atoms with Gasteiger partial charge in [0, 0.05) is 22.8 Å². The van der Waals surface area contributed by atoms with E-state index in [1.54, 1.807) is 30.3 Å². The van der Waals surface area contributed by atoms with Gasteiger partial charge in [0.1, 0.15) is 0 Å². The summed E-state index contributed by atoms with van der Waals surface area (Å²) in [6.45, 7) is 9.85. The summed E-state index contributed by atoms with van der Waals surface area (Å²) in [4.78, 5) is 25.2. The third-order valence-electron chi connectivity index (χ3n) is 5.06. The highest BCUT2D eigenvalue weighted by atomic mass is 35.5. The number of benzene rings is 2. The van der Waals surface area contributed by atoms with E-state index in [2.05, 4.69) is 27.4 Å². The topological polar surface area (TPSA) is 88.9 Å². The molecule has 1 aromatic heterocycles. The summed E-state index contributed by atoms with van der Waals surface area (Å²) in [7, 11) is 0. The Morgan fingerprint density at radius 2 is 1.94 bits per heavy atom. The Hall–Kier alpha value is -3.10. The van der Waals surface area contributed by atoms with Crippen molar-refractivity contribution in [3.8, 4) is 0 Å². The fourth-order valence-corrected chi connectivity index (χ4v) is 4.18. The van der Waals surface area contributed by atoms with Crippen molar-refractivity contribution in [1.82, 2.24) is 20.1 Å². The summed E-state index contributed by atoms with van der Waals surface area (Å²) in [5, 5.41) is 15.5. The lowest BCUT2D eigenvalue weighted by molar-refractivity contribution is -0.113. The fourth-order valence-electron chi connectivity index (χ4n) is 3.25. The Bertz CT molecular complexity index is 1180. The fraction of sp³-hybridized carbons (Fsp3) is 0.250. The van der Waals surface area contributed by atoms with Gasteiger partial charge in [0.15, 0.2) is 11.0 Å². The molecule has 0 bridgehead atoms. The van der Waals surface area contributed by atoms with E-state index < -0.39 is 0 Å². The standard InChI is InChI=1S/C24H26ClN5O2S/c1-5-13-30-22(17(4)26-23(32)18-10-7-6-9-15(18)2)28-29-24(30)33-14-21(31)27-20-12-8-11-19(25)16(20)3/h5-12,17H,1,13-14H2,2-4H3,(H,26,32)(H,27,31)/t17-/m1/s1. The van der Waals surface area contributed by atoms with Crippen molar-refractivity contribution >= 4 is 40.9 Å². The summed E-state index contributed by atoms with van der Waals surface area (Å²) in [5.41, 5.74) is 3.00. The van der Waals surface area contributed by atoms with Gasteiger partial charge in [-0.3, -0.25) is 9.59 Å². The second-order valence-electron chi connectivity index (χ2n) is 7.50. The second-order valence-corrected chi connectivity index (χ2v) is 8.85. The number of carbonyl (C=O) groups is 2. The largest absolute Gasteiger partial charge is 0.342 e. The van der Waals surface area contributed by atoms with Crippen LogP contribution in [0.3, 0.4) is 0 Å². The maximum absolute atomic E-state index is 12.7. The molecule has 172 valence electrons. The number of aryl methyl sites for hydroxylation is 1. The predicted molar refractivity (Wildman–Crippen MR) is 133 cm³/mol. The van der Waals surface area contributed by atoms with Gasteiger partial charge in [-0.25, -0.2) is 0 Å². The number of hydrogen-bond acceptors (Lipinski definition) is 5. The predicted octanol–water partition coefficient (Wildman–Crippen LogP) is 4.96. The SMILES string of the molecule is C=CCn1c(SCC(=O)Nc2cccc(Cl)c2C)nnc1[C@@H](C)NC(=O)c1ccccc1C. The van der Waals surface area contributed by atoms with Gasteiger partial charge in [-0.05, 0) is 50.1 Å². The minimum absolute atomic E-state index is 0.144. The summed E-state index contributed by atoms with van der Waals surface area (Å²) in [5.74, 6) is 0.371. The molecule has 0 aliphatic carbocycles. The Morgan fingerprint density at radius 1 is 1.18 bits per heavy atom. The molecule has 0 fully saturated rings. The highest BCUT2D eigenvalue weighted by Gasteiger charge is 2.21. The first-order chi connectivity index (χ1) is 15.8. The average molecular weight is 484 g/mol. The second kappa shape index (κ2) is 11.2. The van der Waals surface area contributed by atoms with E-state index >= 15 is 0 Å². The van der Waals surface area contributed by atoms with Crippen molar-refractivity contribution in [2.24, 2.45) is 0 Å². The molecule has 2 N–H and O–H groups in total. The molecule has 0 saturated heterocycles. The van der Waals surface area contributed by atoms with Crippen molar-refractivity contribution in [3.05, 3.63) is 82.7 Å². The Kier molecular flexibility index (Phi) is 8.30. The maximum atomic E-state index is 12.7. The molecule has 1 heterocycles. The summed E-state index contributed by atoms with van der Waals surface area (Å²) < 4.78 is 1.85. The van der Waals surface area contributed by atoms with Gasteiger partial charge in [0.2, 0.25) is 5.91 Å². The van der Waals surface area contributed by atoms with E-state index in [1.165, 1.54) is 11.8 Å². The van der Waals surface area contributed by atoms with Crippen molar-refractivity contribution in [2.75, 3.05) is 11.1 Å². The number of hydrogen-bond donors (Lipinski definition) is 2. The van der Waals surface area contributed by atoms with Crippen molar-refractivity contribution in [1.29, 1.82) is 0 Å². The highest BCUT2D eigenvalue weighted by Crippen LogP contribution is 2.25. The normalized spacial score (nSPS) is 11.6. The molecule has 0 radical (unpaired) electrons. The van der Waals surface area contributed by atoms with Crippen LogP contribution in [-0.4, -0.2) is 32.3 Å². The van der Waals surface area contributed by atoms with Gasteiger partial charge in [0.25, 0.3) is 5.91 Å². The van der Waals surface area contributed by atoms with Gasteiger partial charge < -0.3 is 15.2 Å². The molecular formula is C24H26ClN5O2S. The zero-order valence-corrected chi connectivity index (χ0v) is 20.3. The molecule has 33 heavy (non-hydrogen) atoms. The van der Waals surface area contributed by atoms with E-state index in [-0.39, 0.29) is 23.6 Å². The van der Waals surface area contributed by atoms with Crippen molar-refractivity contribution in [2.45, 2.75) is 38.5 Å². The summed E-state index contributed by atoms with van der Waals surface area (Å²) in [6.07, 6.45) is 1.72. The van der Waals surface area contributed by atoms with E-state index in [9.17, 15) is 9.59 Å². The number of halogens is 1. The first-order valence-corrected chi connectivity index (χ1v) is 11.8. The number of carbonyl (C=O) groups excluding carboxylic acids is 2. The summed E-state index contributed by atoms with van der Waals surface area (Å²) >= 11 is 7.39. The Balaban J connectivity index is 1.69. The van der Waals surface area contributed by atoms with E-state index in [0.717, 1.165) is 11.1 Å². The number of nitrogens with one attached hydrogen (secondary N) is 2. The number of anilines is 1. The van der Waals surface area contributed by atoms with E-state index in [0.29, 0.717) is 33.8 Å². The number of aromatic nitrogens is 3. The molecule has 0 saturated carbocycles. The lowest BCUT2D eigenvalue weighted by Gasteiger charge is -2.16. The van der Waals surface area contributed by atoms with Crippen LogP contribution in [0.15, 0.2) is 60.3 Å². The van der Waals surface area contributed by atoms with Gasteiger partial charge in [-0.15, -0.1) is 16.8 Å². The number of allylic oxidation sites excluding steroid dienone is 1. The average Bonchev–Trinajstić information content (AvgIpc) is 3.18. The molecule has 0 unspecified atom stereocenters. The molecule has 0 aliphatic heterocycles. The maximum Gasteiger partial charge on any atom is 0.252 e. The Morgan fingerprint density at radius 3 is 2.67 bits per heavy atom. The van der Waals surface area contributed by atoms with Crippen LogP contribution in [0.25, 0.3) is 0 Å². The molecule has 1 atom stereocenters. The monoisotopic (exact) mass is 483 g/mol. The molecule has 0 spiro atoms. The molecule has 2 aromatic carbocycles. The lowest BCUT2D eigenvalue weighted by atomic mass is 10.1. The Labute approximate surface area is 202 Å². The molecule has 3 rings (SSSR count). The molecule has 3 aromatic rings. The number of amides is 2. The van der Waals surface area contributed by atoms with E-state index in [4.69, 9.17) is 11.6 Å². The van der Waals surface area contributed by atoms with Crippen molar-refractivity contribution in [3.63, 3.8) is 0 Å². The minimum Gasteiger partial charge on any atom is -0.342 e. The molecule has 7 nitrogen and oxygen atoms in total. The molecular weight excluding hydrogens is 458 g/mol. The lowest BCUT2D eigenvalue weighted by Crippen LogP contribution is -2.29. The smallest absolute Gasteiger partial charge is 0.252 e. The van der Waals surface area contributed by atoms with Crippen LogP contribution in [-0.2, 0) is 11.3 Å². The van der Waals surface area contributed by atoms with Gasteiger partial charge in [0.05, 0.1) is 11.8 Å². The molecule has 0 aliphatic rings.